The number of hydrogen-bond acceptors (Lipinski definition) is 2. The maximum atomic E-state index is 12.5. The third-order valence-corrected chi connectivity index (χ3v) is 4.08. The van der Waals surface area contributed by atoms with Crippen molar-refractivity contribution < 1.29 is 9.53 Å². The van der Waals surface area contributed by atoms with Crippen molar-refractivity contribution in [1.82, 2.24) is 5.32 Å². The highest BCUT2D eigenvalue weighted by atomic mass is 79.9. The zero-order valence-electron chi connectivity index (χ0n) is 12.7. The summed E-state index contributed by atoms with van der Waals surface area (Å²) in [7, 11) is 0. The van der Waals surface area contributed by atoms with E-state index in [1.165, 1.54) is 0 Å². The number of carbonyl (C=O) groups excluding carboxylic acids is 1. The molecule has 0 aliphatic carbocycles. The first-order valence-electron chi connectivity index (χ1n) is 7.05. The van der Waals surface area contributed by atoms with Crippen molar-refractivity contribution in [1.29, 1.82) is 0 Å². The Labute approximate surface area is 154 Å². The van der Waals surface area contributed by atoms with Gasteiger partial charge in [0.15, 0.2) is 0 Å². The van der Waals surface area contributed by atoms with E-state index in [9.17, 15) is 4.79 Å². The molecule has 0 bridgehead atoms. The van der Waals surface area contributed by atoms with Crippen LogP contribution in [0.5, 0.6) is 5.75 Å². The van der Waals surface area contributed by atoms with Crippen molar-refractivity contribution >= 4 is 45.0 Å². The summed E-state index contributed by atoms with van der Waals surface area (Å²) >= 11 is 15.4. The molecular weight excluding hydrogens is 401 g/mol. The van der Waals surface area contributed by atoms with Crippen molar-refractivity contribution in [2.75, 3.05) is 0 Å². The van der Waals surface area contributed by atoms with Gasteiger partial charge in [-0.1, -0.05) is 45.2 Å². The average molecular weight is 417 g/mol. The molecule has 0 spiro atoms. The summed E-state index contributed by atoms with van der Waals surface area (Å²) in [5.41, 5.74) is 1.27. The highest BCUT2D eigenvalue weighted by Crippen LogP contribution is 2.25. The fourth-order valence-electron chi connectivity index (χ4n) is 1.97. The first-order chi connectivity index (χ1) is 10.9. The van der Waals surface area contributed by atoms with E-state index >= 15 is 0 Å². The van der Waals surface area contributed by atoms with E-state index < -0.39 is 0 Å². The summed E-state index contributed by atoms with van der Waals surface area (Å²) in [6.07, 6.45) is -0.0200. The fourth-order valence-corrected chi connectivity index (χ4v) is 2.81. The molecule has 0 aromatic heterocycles. The number of amides is 1. The van der Waals surface area contributed by atoms with E-state index in [1.807, 2.05) is 19.9 Å². The Hall–Kier alpha value is -1.23. The molecule has 0 aliphatic heterocycles. The van der Waals surface area contributed by atoms with E-state index in [1.54, 1.807) is 30.3 Å². The van der Waals surface area contributed by atoms with Crippen molar-refractivity contribution in [3.8, 4) is 5.75 Å². The molecule has 0 saturated heterocycles. The van der Waals surface area contributed by atoms with E-state index in [0.717, 1.165) is 10.0 Å². The Morgan fingerprint density at radius 1 is 1.22 bits per heavy atom. The normalized spacial score (nSPS) is 10.7. The topological polar surface area (TPSA) is 38.3 Å². The fraction of sp³-hybridized carbons (Fsp3) is 0.235. The standard InChI is InChI=1S/C17H16BrCl2NO2/c1-10(2)23-16-6-4-12(18)7-14(16)17(22)21-9-11-3-5-13(19)8-15(11)20/h3-8,10H,9H2,1-2H3,(H,21,22). The molecule has 0 radical (unpaired) electrons. The van der Waals surface area contributed by atoms with Crippen LogP contribution in [-0.4, -0.2) is 12.0 Å². The molecule has 3 nitrogen and oxygen atoms in total. The molecule has 0 aliphatic rings. The highest BCUT2D eigenvalue weighted by Gasteiger charge is 2.14. The molecule has 1 N–H and O–H groups in total. The lowest BCUT2D eigenvalue weighted by atomic mass is 10.1. The second kappa shape index (κ2) is 8.04. The molecule has 2 aromatic carbocycles. The second-order valence-corrected chi connectivity index (χ2v) is 6.98. The lowest BCUT2D eigenvalue weighted by molar-refractivity contribution is 0.0945. The van der Waals surface area contributed by atoms with Crippen LogP contribution in [-0.2, 0) is 6.54 Å². The number of carbonyl (C=O) groups is 1. The van der Waals surface area contributed by atoms with E-state index in [2.05, 4.69) is 21.2 Å². The predicted octanol–water partition coefficient (Wildman–Crippen LogP) is 5.47. The Morgan fingerprint density at radius 2 is 1.96 bits per heavy atom. The van der Waals surface area contributed by atoms with Crippen LogP contribution in [0.3, 0.4) is 0 Å². The van der Waals surface area contributed by atoms with Crippen LogP contribution in [0, 0.1) is 0 Å². The van der Waals surface area contributed by atoms with Gasteiger partial charge < -0.3 is 10.1 Å². The van der Waals surface area contributed by atoms with Crippen molar-refractivity contribution in [2.45, 2.75) is 26.5 Å². The smallest absolute Gasteiger partial charge is 0.255 e. The van der Waals surface area contributed by atoms with Gasteiger partial charge in [-0.3, -0.25) is 4.79 Å². The van der Waals surface area contributed by atoms with Gasteiger partial charge in [-0.15, -0.1) is 0 Å². The van der Waals surface area contributed by atoms with E-state index in [-0.39, 0.29) is 12.0 Å². The Bertz CT molecular complexity index is 720. The van der Waals surface area contributed by atoms with Gasteiger partial charge in [-0.05, 0) is 49.7 Å². The molecular formula is C17H16BrCl2NO2. The molecule has 0 fully saturated rings. The lowest BCUT2D eigenvalue weighted by Crippen LogP contribution is -2.24. The summed E-state index contributed by atoms with van der Waals surface area (Å²) in [5.74, 6) is 0.316. The van der Waals surface area contributed by atoms with Gasteiger partial charge in [0, 0.05) is 21.1 Å². The first kappa shape index (κ1) is 18.1. The minimum Gasteiger partial charge on any atom is -0.490 e. The van der Waals surface area contributed by atoms with Crippen LogP contribution >= 0.6 is 39.1 Å². The van der Waals surface area contributed by atoms with Gasteiger partial charge in [-0.2, -0.15) is 0 Å². The number of hydrogen-bond donors (Lipinski definition) is 1. The van der Waals surface area contributed by atoms with Gasteiger partial charge in [-0.25, -0.2) is 0 Å². The summed E-state index contributed by atoms with van der Waals surface area (Å²) < 4.78 is 6.50. The number of halogens is 3. The van der Waals surface area contributed by atoms with Gasteiger partial charge in [0.25, 0.3) is 5.91 Å². The number of benzene rings is 2. The molecule has 0 heterocycles. The molecule has 23 heavy (non-hydrogen) atoms. The minimum absolute atomic E-state index is 0.0200. The van der Waals surface area contributed by atoms with Crippen LogP contribution < -0.4 is 10.1 Å². The van der Waals surface area contributed by atoms with Crippen LogP contribution in [0.4, 0.5) is 0 Å². The largest absolute Gasteiger partial charge is 0.490 e. The molecule has 0 unspecified atom stereocenters. The number of nitrogens with one attached hydrogen (secondary N) is 1. The molecule has 0 atom stereocenters. The van der Waals surface area contributed by atoms with E-state index in [4.69, 9.17) is 27.9 Å². The van der Waals surface area contributed by atoms with Crippen LogP contribution in [0.15, 0.2) is 40.9 Å². The lowest BCUT2D eigenvalue weighted by Gasteiger charge is -2.15. The molecule has 6 heteroatoms. The molecule has 2 rings (SSSR count). The molecule has 0 saturated carbocycles. The van der Waals surface area contributed by atoms with Crippen molar-refractivity contribution in [3.05, 3.63) is 62.0 Å². The highest BCUT2D eigenvalue weighted by molar-refractivity contribution is 9.10. The van der Waals surface area contributed by atoms with Crippen molar-refractivity contribution in [3.63, 3.8) is 0 Å². The first-order valence-corrected chi connectivity index (χ1v) is 8.60. The van der Waals surface area contributed by atoms with Gasteiger partial charge >= 0.3 is 0 Å². The molecule has 1 amide bonds. The molecule has 2 aromatic rings. The Balaban J connectivity index is 2.15. The van der Waals surface area contributed by atoms with Crippen LogP contribution in [0.1, 0.15) is 29.8 Å². The Morgan fingerprint density at radius 3 is 2.61 bits per heavy atom. The number of ether oxygens (including phenoxy) is 1. The number of rotatable bonds is 5. The monoisotopic (exact) mass is 415 g/mol. The third-order valence-electron chi connectivity index (χ3n) is 3.00. The summed E-state index contributed by atoms with van der Waals surface area (Å²) in [5, 5.41) is 3.93. The zero-order valence-corrected chi connectivity index (χ0v) is 15.8. The summed E-state index contributed by atoms with van der Waals surface area (Å²) in [6, 6.07) is 10.5. The van der Waals surface area contributed by atoms with Crippen molar-refractivity contribution in [2.24, 2.45) is 0 Å². The van der Waals surface area contributed by atoms with Gasteiger partial charge in [0.1, 0.15) is 5.75 Å². The quantitative estimate of drug-likeness (QED) is 0.701. The molecule has 122 valence electrons. The summed E-state index contributed by atoms with van der Waals surface area (Å²) in [4.78, 5) is 12.5. The second-order valence-electron chi connectivity index (χ2n) is 5.23. The van der Waals surface area contributed by atoms with Gasteiger partial charge in [0.05, 0.1) is 11.7 Å². The average Bonchev–Trinajstić information content (AvgIpc) is 2.47. The van der Waals surface area contributed by atoms with E-state index in [0.29, 0.717) is 27.9 Å². The van der Waals surface area contributed by atoms with Gasteiger partial charge in [0.2, 0.25) is 0 Å². The third kappa shape index (κ3) is 5.13. The van der Waals surface area contributed by atoms with Crippen LogP contribution in [0.2, 0.25) is 10.0 Å². The maximum Gasteiger partial charge on any atom is 0.255 e. The predicted molar refractivity (Wildman–Crippen MR) is 97.5 cm³/mol. The van der Waals surface area contributed by atoms with Crippen LogP contribution in [0.25, 0.3) is 0 Å². The minimum atomic E-state index is -0.229. The Kier molecular flexibility index (Phi) is 6.33. The maximum absolute atomic E-state index is 12.5. The zero-order chi connectivity index (χ0) is 17.0. The summed E-state index contributed by atoms with van der Waals surface area (Å²) in [6.45, 7) is 4.14. The SMILES string of the molecule is CC(C)Oc1ccc(Br)cc1C(=O)NCc1ccc(Cl)cc1Cl.